The van der Waals surface area contributed by atoms with E-state index >= 15 is 0 Å². The van der Waals surface area contributed by atoms with Gasteiger partial charge in [-0.25, -0.2) is 9.97 Å². The van der Waals surface area contributed by atoms with E-state index in [0.717, 1.165) is 19.5 Å². The van der Waals surface area contributed by atoms with Crippen molar-refractivity contribution in [2.24, 2.45) is 5.92 Å². The molecule has 2 saturated heterocycles. The Labute approximate surface area is 203 Å². The molecule has 2 N–H and O–H groups in total. The lowest BCUT2D eigenvalue weighted by Gasteiger charge is -2.41. The van der Waals surface area contributed by atoms with Crippen molar-refractivity contribution in [1.29, 1.82) is 0 Å². The number of carbonyl (C=O) groups excluding carboxylic acids is 1. The topological polar surface area (TPSA) is 110 Å². The number of carbonyl (C=O) groups is 1. The van der Waals surface area contributed by atoms with Gasteiger partial charge in [0.1, 0.15) is 0 Å². The summed E-state index contributed by atoms with van der Waals surface area (Å²) in [5.74, 6) is 0.567. The van der Waals surface area contributed by atoms with Crippen LogP contribution in [0.25, 0.3) is 11.0 Å². The molecule has 2 fully saturated rings. The number of fused-ring (bicyclic) bond motifs is 1. The summed E-state index contributed by atoms with van der Waals surface area (Å²) < 4.78 is 6.54. The number of aliphatic hydroxyl groups is 1. The summed E-state index contributed by atoms with van der Waals surface area (Å²) in [6.45, 7) is 2.64. The highest BCUT2D eigenvalue weighted by Crippen LogP contribution is 2.33. The van der Waals surface area contributed by atoms with Gasteiger partial charge in [0.05, 0.1) is 31.1 Å². The van der Waals surface area contributed by atoms with Crippen LogP contribution in [-0.2, 0) is 11.3 Å². The third kappa shape index (κ3) is 4.78. The Morgan fingerprint density at radius 1 is 1.20 bits per heavy atom. The Bertz CT molecular complexity index is 1250. The van der Waals surface area contributed by atoms with Crippen LogP contribution in [0.4, 0.5) is 0 Å². The number of ether oxygens (including phenoxy) is 1. The zero-order valence-electron chi connectivity index (χ0n) is 19.9. The molecule has 0 bridgehead atoms. The second-order valence-electron chi connectivity index (χ2n) is 9.57. The standard InChI is InChI=1S/C26H31N5O4/c1-35-22-8-7-21-23(29-22)25(33)31(17-28-21)16-26(34)10-13-30(14-11-26)24(32)19-9-12-27-15-20(19)18-5-3-2-4-6-18/h2-8,17,19-20,27,34H,9-16H2,1H3/t19-,20+/m1/s1. The number of nitrogens with zero attached hydrogens (tertiary/aromatic N) is 4. The summed E-state index contributed by atoms with van der Waals surface area (Å²) in [5, 5.41) is 14.7. The minimum absolute atomic E-state index is 0.0711. The van der Waals surface area contributed by atoms with Crippen molar-refractivity contribution in [2.45, 2.75) is 37.3 Å². The summed E-state index contributed by atoms with van der Waals surface area (Å²) in [6, 6.07) is 13.5. The van der Waals surface area contributed by atoms with E-state index in [-0.39, 0.29) is 35.4 Å². The number of methoxy groups -OCH3 is 1. The lowest BCUT2D eigenvalue weighted by molar-refractivity contribution is -0.141. The van der Waals surface area contributed by atoms with Crippen molar-refractivity contribution in [3.63, 3.8) is 0 Å². The average molecular weight is 478 g/mol. The van der Waals surface area contributed by atoms with E-state index in [1.54, 1.807) is 12.1 Å². The predicted molar refractivity (Wildman–Crippen MR) is 131 cm³/mol. The fourth-order valence-electron chi connectivity index (χ4n) is 5.30. The van der Waals surface area contributed by atoms with Gasteiger partial charge in [-0.15, -0.1) is 0 Å². The van der Waals surface area contributed by atoms with Crippen LogP contribution in [0.5, 0.6) is 5.88 Å². The van der Waals surface area contributed by atoms with Gasteiger partial charge in [-0.2, -0.15) is 0 Å². The second kappa shape index (κ2) is 9.75. The summed E-state index contributed by atoms with van der Waals surface area (Å²) in [5.41, 5.74) is 0.457. The first kappa shape index (κ1) is 23.4. The molecule has 2 atom stereocenters. The van der Waals surface area contributed by atoms with E-state index in [4.69, 9.17) is 4.74 Å². The van der Waals surface area contributed by atoms with Crippen LogP contribution in [0.2, 0.25) is 0 Å². The van der Waals surface area contributed by atoms with Crippen molar-refractivity contribution in [1.82, 2.24) is 24.8 Å². The van der Waals surface area contributed by atoms with Crippen LogP contribution < -0.4 is 15.6 Å². The first-order chi connectivity index (χ1) is 17.0. The predicted octanol–water partition coefficient (Wildman–Crippen LogP) is 1.55. The number of nitrogens with one attached hydrogen (secondary N) is 1. The van der Waals surface area contributed by atoms with Crippen molar-refractivity contribution < 1.29 is 14.6 Å². The molecule has 0 unspecified atom stereocenters. The third-order valence-electron chi connectivity index (χ3n) is 7.35. The molecular weight excluding hydrogens is 446 g/mol. The van der Waals surface area contributed by atoms with Crippen LogP contribution in [0.3, 0.4) is 0 Å². The van der Waals surface area contributed by atoms with Crippen LogP contribution in [0, 0.1) is 5.92 Å². The molecule has 5 rings (SSSR count). The second-order valence-corrected chi connectivity index (χ2v) is 9.57. The number of benzene rings is 1. The number of rotatable bonds is 5. The maximum atomic E-state index is 13.5. The Morgan fingerprint density at radius 2 is 1.97 bits per heavy atom. The first-order valence-corrected chi connectivity index (χ1v) is 12.1. The summed E-state index contributed by atoms with van der Waals surface area (Å²) in [6.07, 6.45) is 3.05. The quantitative estimate of drug-likeness (QED) is 0.574. The minimum atomic E-state index is -1.10. The lowest BCUT2D eigenvalue weighted by atomic mass is 9.80. The normalized spacial score (nSPS) is 22.2. The number of likely N-dealkylation sites (tertiary alicyclic amines) is 1. The molecular formula is C26H31N5O4. The zero-order chi connectivity index (χ0) is 24.4. The molecule has 2 aliphatic rings. The van der Waals surface area contributed by atoms with Gasteiger partial charge in [0.25, 0.3) is 5.56 Å². The molecule has 0 radical (unpaired) electrons. The van der Waals surface area contributed by atoms with Crippen LogP contribution in [0.1, 0.15) is 30.7 Å². The SMILES string of the molecule is COc1ccc2ncn(CC3(O)CCN(C(=O)[C@@H]4CCNC[C@H]4c4ccccc4)CC3)c(=O)c2n1. The molecule has 35 heavy (non-hydrogen) atoms. The molecule has 1 aromatic carbocycles. The largest absolute Gasteiger partial charge is 0.481 e. The number of hydrogen-bond acceptors (Lipinski definition) is 7. The lowest BCUT2D eigenvalue weighted by Crippen LogP contribution is -2.52. The van der Waals surface area contributed by atoms with Crippen molar-refractivity contribution in [2.75, 3.05) is 33.3 Å². The Balaban J connectivity index is 1.27. The van der Waals surface area contributed by atoms with Gasteiger partial charge in [-0.1, -0.05) is 30.3 Å². The number of piperidine rings is 2. The molecule has 2 aliphatic heterocycles. The molecule has 0 spiro atoms. The van der Waals surface area contributed by atoms with Crippen LogP contribution >= 0.6 is 0 Å². The highest BCUT2D eigenvalue weighted by molar-refractivity contribution is 5.80. The maximum absolute atomic E-state index is 13.5. The van der Waals surface area contributed by atoms with E-state index in [1.807, 2.05) is 23.1 Å². The summed E-state index contributed by atoms with van der Waals surface area (Å²) >= 11 is 0. The number of aromatic nitrogens is 3. The van der Waals surface area contributed by atoms with Gasteiger partial charge in [-0.05, 0) is 37.4 Å². The molecule has 0 aliphatic carbocycles. The molecule has 4 heterocycles. The Kier molecular flexibility index (Phi) is 6.53. The molecule has 9 heteroatoms. The maximum Gasteiger partial charge on any atom is 0.280 e. The molecule has 184 valence electrons. The average Bonchev–Trinajstić information content (AvgIpc) is 2.90. The summed E-state index contributed by atoms with van der Waals surface area (Å²) in [7, 11) is 1.49. The van der Waals surface area contributed by atoms with E-state index < -0.39 is 5.60 Å². The third-order valence-corrected chi connectivity index (χ3v) is 7.35. The van der Waals surface area contributed by atoms with E-state index in [9.17, 15) is 14.7 Å². The fraction of sp³-hybridized carbons (Fsp3) is 0.462. The van der Waals surface area contributed by atoms with Crippen molar-refractivity contribution in [3.8, 4) is 5.88 Å². The number of hydrogen-bond donors (Lipinski definition) is 2. The summed E-state index contributed by atoms with van der Waals surface area (Å²) in [4.78, 5) is 36.9. The fourth-order valence-corrected chi connectivity index (χ4v) is 5.30. The van der Waals surface area contributed by atoms with Gasteiger partial charge < -0.3 is 20.1 Å². The molecule has 9 nitrogen and oxygen atoms in total. The smallest absolute Gasteiger partial charge is 0.280 e. The monoisotopic (exact) mass is 477 g/mol. The molecule has 1 amide bonds. The van der Waals surface area contributed by atoms with Crippen LogP contribution in [-0.4, -0.2) is 69.3 Å². The molecule has 0 saturated carbocycles. The van der Waals surface area contributed by atoms with Gasteiger partial charge in [-0.3, -0.25) is 14.2 Å². The van der Waals surface area contributed by atoms with Gasteiger partial charge in [0.15, 0.2) is 5.52 Å². The number of amides is 1. The van der Waals surface area contributed by atoms with Gasteiger partial charge in [0.2, 0.25) is 11.8 Å². The van der Waals surface area contributed by atoms with E-state index in [1.165, 1.54) is 23.6 Å². The highest BCUT2D eigenvalue weighted by Gasteiger charge is 2.39. The van der Waals surface area contributed by atoms with E-state index in [0.29, 0.717) is 37.3 Å². The van der Waals surface area contributed by atoms with Crippen molar-refractivity contribution in [3.05, 3.63) is 64.7 Å². The van der Waals surface area contributed by atoms with Gasteiger partial charge in [0, 0.05) is 37.5 Å². The Hall–Kier alpha value is -3.30. The van der Waals surface area contributed by atoms with Crippen LogP contribution in [0.15, 0.2) is 53.6 Å². The first-order valence-electron chi connectivity index (χ1n) is 12.1. The number of pyridine rings is 1. The molecule has 3 aromatic rings. The van der Waals surface area contributed by atoms with Gasteiger partial charge >= 0.3 is 0 Å². The highest BCUT2D eigenvalue weighted by atomic mass is 16.5. The Morgan fingerprint density at radius 3 is 2.71 bits per heavy atom. The van der Waals surface area contributed by atoms with E-state index in [2.05, 4.69) is 27.4 Å². The molecule has 2 aromatic heterocycles. The van der Waals surface area contributed by atoms with Crippen molar-refractivity contribution >= 4 is 16.9 Å². The minimum Gasteiger partial charge on any atom is -0.481 e. The zero-order valence-corrected chi connectivity index (χ0v) is 19.9.